The second-order valence-electron chi connectivity index (χ2n) is 7.84. The van der Waals surface area contributed by atoms with Gasteiger partial charge in [-0.15, -0.1) is 0 Å². The third kappa shape index (κ3) is 5.98. The van der Waals surface area contributed by atoms with Crippen LogP contribution < -0.4 is 14.8 Å². The van der Waals surface area contributed by atoms with E-state index >= 15 is 0 Å². The molecule has 0 radical (unpaired) electrons. The fraction of sp³-hybridized carbons (Fsp3) is 0.103. The van der Waals surface area contributed by atoms with Crippen LogP contribution in [0.1, 0.15) is 18.1 Å². The molecule has 4 rings (SSSR count). The molecule has 7 heteroatoms. The van der Waals surface area contributed by atoms with Gasteiger partial charge in [-0.2, -0.15) is 5.26 Å². The van der Waals surface area contributed by atoms with Crippen molar-refractivity contribution in [1.29, 1.82) is 5.26 Å². The third-order valence-electron chi connectivity index (χ3n) is 5.33. The molecule has 0 spiro atoms. The lowest BCUT2D eigenvalue weighted by Crippen LogP contribution is -2.13. The maximum absolute atomic E-state index is 12.7. The van der Waals surface area contributed by atoms with Gasteiger partial charge in [-0.05, 0) is 65.2 Å². The fourth-order valence-electron chi connectivity index (χ4n) is 3.63. The molecule has 4 aromatic carbocycles. The molecule has 0 heterocycles. The maximum Gasteiger partial charge on any atom is 0.266 e. The number of ether oxygens (including phenoxy) is 2. The molecule has 0 saturated heterocycles. The molecule has 36 heavy (non-hydrogen) atoms. The van der Waals surface area contributed by atoms with Crippen LogP contribution in [-0.2, 0) is 11.4 Å². The molecule has 0 bridgehead atoms. The first-order chi connectivity index (χ1) is 17.5. The average molecular weight is 517 g/mol. The Labute approximate surface area is 219 Å². The summed E-state index contributed by atoms with van der Waals surface area (Å²) >= 11 is 12.7. The lowest BCUT2D eigenvalue weighted by Gasteiger charge is -2.15. The molecule has 0 aliphatic carbocycles. The molecule has 0 aliphatic heterocycles. The van der Waals surface area contributed by atoms with Crippen molar-refractivity contribution in [3.63, 3.8) is 0 Å². The Balaban J connectivity index is 1.57. The first kappa shape index (κ1) is 25.1. The number of fused-ring (bicyclic) bond motifs is 1. The molecule has 0 saturated carbocycles. The first-order valence-electron chi connectivity index (χ1n) is 11.2. The van der Waals surface area contributed by atoms with Crippen LogP contribution in [0.3, 0.4) is 0 Å². The standard InChI is InChI=1S/C29H22Cl2N2O3/c1-2-35-27-16-20(14-23(17-32)29(34)33-26-10-6-5-9-24(26)30)15-25(31)28(27)36-18-19-11-12-21-7-3-4-8-22(21)13-19/h3-16H,2,18H2,1H3,(H,33,34)/b23-14+. The van der Waals surface area contributed by atoms with Gasteiger partial charge in [0.15, 0.2) is 11.5 Å². The number of benzene rings is 4. The quantitative estimate of drug-likeness (QED) is 0.192. The summed E-state index contributed by atoms with van der Waals surface area (Å²) in [4.78, 5) is 12.7. The second kappa shape index (κ2) is 11.6. The molecule has 4 aromatic rings. The molecular formula is C29H22Cl2N2O3. The number of carbonyl (C=O) groups excluding carboxylic acids is 1. The van der Waals surface area contributed by atoms with Crippen LogP contribution in [0, 0.1) is 11.3 Å². The number of nitriles is 1. The Morgan fingerprint density at radius 3 is 2.44 bits per heavy atom. The van der Waals surface area contributed by atoms with Crippen LogP contribution in [0.4, 0.5) is 5.69 Å². The highest BCUT2D eigenvalue weighted by Gasteiger charge is 2.16. The number of nitrogens with zero attached hydrogens (tertiary/aromatic N) is 1. The summed E-state index contributed by atoms with van der Waals surface area (Å²) in [5.41, 5.74) is 1.81. The SMILES string of the molecule is CCOc1cc(/C=C(\C#N)C(=O)Nc2ccccc2Cl)cc(Cl)c1OCc1ccc2ccccc2c1. The van der Waals surface area contributed by atoms with Crippen molar-refractivity contribution < 1.29 is 14.3 Å². The van der Waals surface area contributed by atoms with Crippen molar-refractivity contribution in [1.82, 2.24) is 0 Å². The van der Waals surface area contributed by atoms with Crippen LogP contribution in [0.2, 0.25) is 10.0 Å². The van der Waals surface area contributed by atoms with Crippen LogP contribution in [0.5, 0.6) is 11.5 Å². The first-order valence-corrected chi connectivity index (χ1v) is 12.0. The Morgan fingerprint density at radius 1 is 0.944 bits per heavy atom. The van der Waals surface area contributed by atoms with E-state index in [0.29, 0.717) is 46.0 Å². The normalized spacial score (nSPS) is 11.1. The minimum Gasteiger partial charge on any atom is -0.490 e. The summed E-state index contributed by atoms with van der Waals surface area (Å²) in [6, 6.07) is 26.2. The van der Waals surface area contributed by atoms with Crippen LogP contribution in [-0.4, -0.2) is 12.5 Å². The van der Waals surface area contributed by atoms with Gasteiger partial charge >= 0.3 is 0 Å². The molecule has 180 valence electrons. The van der Waals surface area contributed by atoms with E-state index in [1.54, 1.807) is 36.4 Å². The number of halogens is 2. The monoisotopic (exact) mass is 516 g/mol. The van der Waals surface area contributed by atoms with Crippen LogP contribution in [0.15, 0.2) is 84.4 Å². The van der Waals surface area contributed by atoms with Gasteiger partial charge in [0.2, 0.25) is 0 Å². The van der Waals surface area contributed by atoms with Crippen molar-refractivity contribution >= 4 is 51.6 Å². The Bertz CT molecular complexity index is 1490. The van der Waals surface area contributed by atoms with E-state index in [4.69, 9.17) is 32.7 Å². The number of rotatable bonds is 8. The van der Waals surface area contributed by atoms with E-state index in [9.17, 15) is 10.1 Å². The van der Waals surface area contributed by atoms with Gasteiger partial charge in [0.05, 0.1) is 22.3 Å². The summed E-state index contributed by atoms with van der Waals surface area (Å²) in [7, 11) is 0. The van der Waals surface area contributed by atoms with Gasteiger partial charge in [-0.3, -0.25) is 4.79 Å². The zero-order valence-electron chi connectivity index (χ0n) is 19.4. The van der Waals surface area contributed by atoms with E-state index in [-0.39, 0.29) is 5.57 Å². The van der Waals surface area contributed by atoms with Crippen molar-refractivity contribution in [2.24, 2.45) is 0 Å². The van der Waals surface area contributed by atoms with Gasteiger partial charge in [0.1, 0.15) is 18.2 Å². The van der Waals surface area contributed by atoms with Crippen LogP contribution >= 0.6 is 23.2 Å². The number of nitrogens with one attached hydrogen (secondary N) is 1. The highest BCUT2D eigenvalue weighted by atomic mass is 35.5. The van der Waals surface area contributed by atoms with E-state index < -0.39 is 5.91 Å². The van der Waals surface area contributed by atoms with Crippen molar-refractivity contribution in [2.45, 2.75) is 13.5 Å². The van der Waals surface area contributed by atoms with Gasteiger partial charge in [0, 0.05) is 0 Å². The minimum atomic E-state index is -0.587. The molecular weight excluding hydrogens is 495 g/mol. The number of carbonyl (C=O) groups is 1. The molecule has 1 amide bonds. The molecule has 0 fully saturated rings. The van der Waals surface area contributed by atoms with E-state index in [2.05, 4.69) is 17.4 Å². The Kier molecular flexibility index (Phi) is 8.12. The highest BCUT2D eigenvalue weighted by Crippen LogP contribution is 2.38. The topological polar surface area (TPSA) is 71.3 Å². The maximum atomic E-state index is 12.7. The van der Waals surface area contributed by atoms with Gasteiger partial charge in [0.25, 0.3) is 5.91 Å². The fourth-order valence-corrected chi connectivity index (χ4v) is 4.08. The Hall–Kier alpha value is -3.98. The van der Waals surface area contributed by atoms with Crippen LogP contribution in [0.25, 0.3) is 16.8 Å². The second-order valence-corrected chi connectivity index (χ2v) is 8.65. The summed E-state index contributed by atoms with van der Waals surface area (Å²) in [6.07, 6.45) is 1.44. The van der Waals surface area contributed by atoms with Crippen molar-refractivity contribution in [3.05, 3.63) is 106 Å². The number of hydrogen-bond donors (Lipinski definition) is 1. The lowest BCUT2D eigenvalue weighted by molar-refractivity contribution is -0.112. The van der Waals surface area contributed by atoms with E-state index in [1.807, 2.05) is 43.3 Å². The third-order valence-corrected chi connectivity index (χ3v) is 5.94. The molecule has 5 nitrogen and oxygen atoms in total. The molecule has 0 atom stereocenters. The predicted molar refractivity (Wildman–Crippen MR) is 145 cm³/mol. The van der Waals surface area contributed by atoms with Crippen molar-refractivity contribution in [2.75, 3.05) is 11.9 Å². The number of hydrogen-bond acceptors (Lipinski definition) is 4. The summed E-state index contributed by atoms with van der Waals surface area (Å²) in [5.74, 6) is 0.222. The minimum absolute atomic E-state index is 0.113. The number of anilines is 1. The molecule has 0 aliphatic rings. The van der Waals surface area contributed by atoms with E-state index in [1.165, 1.54) is 6.08 Å². The van der Waals surface area contributed by atoms with E-state index in [0.717, 1.165) is 16.3 Å². The average Bonchev–Trinajstić information content (AvgIpc) is 2.88. The largest absolute Gasteiger partial charge is 0.490 e. The zero-order valence-corrected chi connectivity index (χ0v) is 20.9. The highest BCUT2D eigenvalue weighted by molar-refractivity contribution is 6.34. The summed E-state index contributed by atoms with van der Waals surface area (Å²) in [5, 5.41) is 15.2. The summed E-state index contributed by atoms with van der Waals surface area (Å²) < 4.78 is 11.8. The predicted octanol–water partition coefficient (Wildman–Crippen LogP) is 7.67. The van der Waals surface area contributed by atoms with Gasteiger partial charge in [-0.1, -0.05) is 71.7 Å². The molecule has 0 aromatic heterocycles. The smallest absolute Gasteiger partial charge is 0.266 e. The number of amides is 1. The zero-order chi connectivity index (χ0) is 25.5. The molecule has 0 unspecified atom stereocenters. The Morgan fingerprint density at radius 2 is 1.69 bits per heavy atom. The molecule has 1 N–H and O–H groups in total. The van der Waals surface area contributed by atoms with Crippen molar-refractivity contribution in [3.8, 4) is 17.6 Å². The lowest BCUT2D eigenvalue weighted by atomic mass is 10.1. The van der Waals surface area contributed by atoms with Gasteiger partial charge < -0.3 is 14.8 Å². The summed E-state index contributed by atoms with van der Waals surface area (Å²) in [6.45, 7) is 2.53. The number of para-hydroxylation sites is 1. The van der Waals surface area contributed by atoms with Gasteiger partial charge in [-0.25, -0.2) is 0 Å².